The van der Waals surface area contributed by atoms with Gasteiger partial charge in [0.2, 0.25) is 5.91 Å². The molecule has 94 valence electrons. The zero-order chi connectivity index (χ0) is 12.1. The highest BCUT2D eigenvalue weighted by molar-refractivity contribution is 5.78. The highest BCUT2D eigenvalue weighted by atomic mass is 16.3. The van der Waals surface area contributed by atoms with Gasteiger partial charge in [-0.1, -0.05) is 0 Å². The van der Waals surface area contributed by atoms with E-state index in [-0.39, 0.29) is 11.8 Å². The minimum atomic E-state index is 0.169. The minimum absolute atomic E-state index is 0.169. The number of carbonyl (C=O) groups is 1. The van der Waals surface area contributed by atoms with Crippen molar-refractivity contribution < 1.29 is 9.21 Å². The van der Waals surface area contributed by atoms with E-state index < -0.39 is 0 Å². The maximum Gasteiger partial charge on any atom is 0.223 e. The largest absolute Gasteiger partial charge is 0.469 e. The molecule has 17 heavy (non-hydrogen) atoms. The van der Waals surface area contributed by atoms with Crippen LogP contribution in [0.5, 0.6) is 0 Å². The lowest BCUT2D eigenvalue weighted by Gasteiger charge is -2.27. The summed E-state index contributed by atoms with van der Waals surface area (Å²) >= 11 is 0. The summed E-state index contributed by atoms with van der Waals surface area (Å²) in [6.45, 7) is 3.73. The Kier molecular flexibility index (Phi) is 4.20. The SMILES string of the molecule is CC1CC(C(=O)NCCc2ccco2)CCN1. The number of hydrogen-bond acceptors (Lipinski definition) is 3. The quantitative estimate of drug-likeness (QED) is 0.829. The van der Waals surface area contributed by atoms with Crippen LogP contribution in [0.1, 0.15) is 25.5 Å². The lowest BCUT2D eigenvalue weighted by atomic mass is 9.92. The third-order valence-corrected chi connectivity index (χ3v) is 3.25. The van der Waals surface area contributed by atoms with Crippen LogP contribution in [0.3, 0.4) is 0 Å². The number of carbonyl (C=O) groups excluding carboxylic acids is 1. The molecular formula is C13H20N2O2. The van der Waals surface area contributed by atoms with Gasteiger partial charge < -0.3 is 15.1 Å². The van der Waals surface area contributed by atoms with E-state index in [0.29, 0.717) is 12.6 Å². The molecule has 0 saturated carbocycles. The molecule has 0 bridgehead atoms. The fraction of sp³-hybridized carbons (Fsp3) is 0.615. The van der Waals surface area contributed by atoms with E-state index >= 15 is 0 Å². The van der Waals surface area contributed by atoms with E-state index in [1.807, 2.05) is 12.1 Å². The molecule has 0 aliphatic carbocycles. The number of hydrogen-bond donors (Lipinski definition) is 2. The van der Waals surface area contributed by atoms with E-state index in [1.165, 1.54) is 0 Å². The van der Waals surface area contributed by atoms with Crippen LogP contribution in [0, 0.1) is 5.92 Å². The van der Waals surface area contributed by atoms with Gasteiger partial charge in [-0.15, -0.1) is 0 Å². The molecular weight excluding hydrogens is 216 g/mol. The lowest BCUT2D eigenvalue weighted by molar-refractivity contribution is -0.126. The third kappa shape index (κ3) is 3.60. The van der Waals surface area contributed by atoms with Gasteiger partial charge >= 0.3 is 0 Å². The van der Waals surface area contributed by atoms with Crippen molar-refractivity contribution in [3.05, 3.63) is 24.2 Å². The van der Waals surface area contributed by atoms with Crippen LogP contribution in [-0.2, 0) is 11.2 Å². The Labute approximate surface area is 102 Å². The predicted molar refractivity (Wildman–Crippen MR) is 65.6 cm³/mol. The van der Waals surface area contributed by atoms with Crippen LogP contribution >= 0.6 is 0 Å². The summed E-state index contributed by atoms with van der Waals surface area (Å²) in [6, 6.07) is 4.24. The second-order valence-electron chi connectivity index (χ2n) is 4.70. The van der Waals surface area contributed by atoms with Gasteiger partial charge in [0.25, 0.3) is 0 Å². The molecule has 1 amide bonds. The number of nitrogens with one attached hydrogen (secondary N) is 2. The Morgan fingerprint density at radius 3 is 3.24 bits per heavy atom. The number of furan rings is 1. The van der Waals surface area contributed by atoms with Gasteiger partial charge in [0.1, 0.15) is 5.76 Å². The van der Waals surface area contributed by atoms with Gasteiger partial charge in [-0.3, -0.25) is 4.79 Å². The summed E-state index contributed by atoms with van der Waals surface area (Å²) in [5, 5.41) is 6.33. The fourth-order valence-corrected chi connectivity index (χ4v) is 2.28. The number of amides is 1. The lowest BCUT2D eigenvalue weighted by Crippen LogP contribution is -2.42. The van der Waals surface area contributed by atoms with Gasteiger partial charge in [0.15, 0.2) is 0 Å². The summed E-state index contributed by atoms with van der Waals surface area (Å²) in [5.74, 6) is 1.27. The summed E-state index contributed by atoms with van der Waals surface area (Å²) in [6.07, 6.45) is 4.30. The van der Waals surface area contributed by atoms with Crippen LogP contribution in [-0.4, -0.2) is 25.0 Å². The monoisotopic (exact) mass is 236 g/mol. The molecule has 1 aromatic rings. The van der Waals surface area contributed by atoms with Crippen LogP contribution in [0.2, 0.25) is 0 Å². The smallest absolute Gasteiger partial charge is 0.223 e. The first-order valence-electron chi connectivity index (χ1n) is 6.29. The fourth-order valence-electron chi connectivity index (χ4n) is 2.28. The summed E-state index contributed by atoms with van der Waals surface area (Å²) < 4.78 is 5.22. The molecule has 0 spiro atoms. The Morgan fingerprint density at radius 2 is 2.53 bits per heavy atom. The molecule has 0 aromatic carbocycles. The normalized spacial score (nSPS) is 24.5. The van der Waals surface area contributed by atoms with Gasteiger partial charge in [-0.25, -0.2) is 0 Å². The topological polar surface area (TPSA) is 54.3 Å². The third-order valence-electron chi connectivity index (χ3n) is 3.25. The van der Waals surface area contributed by atoms with Crippen molar-refractivity contribution in [1.82, 2.24) is 10.6 Å². The van der Waals surface area contributed by atoms with E-state index in [0.717, 1.165) is 31.6 Å². The van der Waals surface area contributed by atoms with E-state index in [2.05, 4.69) is 17.6 Å². The van der Waals surface area contributed by atoms with Gasteiger partial charge in [0.05, 0.1) is 6.26 Å². The molecule has 2 unspecified atom stereocenters. The van der Waals surface area contributed by atoms with Gasteiger partial charge in [-0.2, -0.15) is 0 Å². The predicted octanol–water partition coefficient (Wildman–Crippen LogP) is 1.33. The molecule has 0 radical (unpaired) electrons. The first kappa shape index (κ1) is 12.2. The Balaban J connectivity index is 1.70. The maximum absolute atomic E-state index is 11.9. The molecule has 4 nitrogen and oxygen atoms in total. The maximum atomic E-state index is 11.9. The van der Waals surface area contributed by atoms with E-state index in [9.17, 15) is 4.79 Å². The van der Waals surface area contributed by atoms with Gasteiger partial charge in [-0.05, 0) is 38.4 Å². The van der Waals surface area contributed by atoms with E-state index in [1.54, 1.807) is 6.26 Å². The first-order valence-corrected chi connectivity index (χ1v) is 6.29. The summed E-state index contributed by atoms with van der Waals surface area (Å²) in [7, 11) is 0. The average molecular weight is 236 g/mol. The Hall–Kier alpha value is -1.29. The van der Waals surface area contributed by atoms with Crippen LogP contribution < -0.4 is 10.6 Å². The van der Waals surface area contributed by atoms with Crippen molar-refractivity contribution in [3.8, 4) is 0 Å². The molecule has 2 rings (SSSR count). The van der Waals surface area contributed by atoms with Crippen molar-refractivity contribution in [1.29, 1.82) is 0 Å². The molecule has 1 aromatic heterocycles. The molecule has 1 aliphatic heterocycles. The molecule has 2 atom stereocenters. The first-order chi connectivity index (χ1) is 8.25. The van der Waals surface area contributed by atoms with E-state index in [4.69, 9.17) is 4.42 Å². The second-order valence-corrected chi connectivity index (χ2v) is 4.70. The highest BCUT2D eigenvalue weighted by Gasteiger charge is 2.24. The highest BCUT2D eigenvalue weighted by Crippen LogP contribution is 2.15. The Bertz CT molecular complexity index is 348. The molecule has 1 saturated heterocycles. The molecule has 2 N–H and O–H groups in total. The second kappa shape index (κ2) is 5.87. The summed E-state index contributed by atoms with van der Waals surface area (Å²) in [4.78, 5) is 11.9. The summed E-state index contributed by atoms with van der Waals surface area (Å²) in [5.41, 5.74) is 0. The zero-order valence-electron chi connectivity index (χ0n) is 10.2. The molecule has 1 aliphatic rings. The van der Waals surface area contributed by atoms with Crippen molar-refractivity contribution in [2.24, 2.45) is 5.92 Å². The van der Waals surface area contributed by atoms with Crippen molar-refractivity contribution in [2.75, 3.05) is 13.1 Å². The zero-order valence-corrected chi connectivity index (χ0v) is 10.2. The average Bonchev–Trinajstić information content (AvgIpc) is 2.82. The van der Waals surface area contributed by atoms with Crippen LogP contribution in [0.4, 0.5) is 0 Å². The van der Waals surface area contributed by atoms with Crippen molar-refractivity contribution >= 4 is 5.91 Å². The molecule has 4 heteroatoms. The Morgan fingerprint density at radius 1 is 1.65 bits per heavy atom. The minimum Gasteiger partial charge on any atom is -0.469 e. The van der Waals surface area contributed by atoms with Crippen molar-refractivity contribution in [3.63, 3.8) is 0 Å². The molecule has 1 fully saturated rings. The number of rotatable bonds is 4. The van der Waals surface area contributed by atoms with Crippen LogP contribution in [0.15, 0.2) is 22.8 Å². The standard InChI is InChI=1S/C13H20N2O2/c1-10-9-11(4-6-14-10)13(16)15-7-5-12-3-2-8-17-12/h2-3,8,10-11,14H,4-7,9H2,1H3,(H,15,16). The van der Waals surface area contributed by atoms with Crippen molar-refractivity contribution in [2.45, 2.75) is 32.2 Å². The van der Waals surface area contributed by atoms with Crippen LogP contribution in [0.25, 0.3) is 0 Å². The molecule has 2 heterocycles. The van der Waals surface area contributed by atoms with Gasteiger partial charge in [0, 0.05) is 24.9 Å². The number of piperidine rings is 1.